The molecule has 4 aromatic rings. The number of aromatic amines is 1. The third-order valence-corrected chi connectivity index (χ3v) is 5.29. The number of anilines is 1. The first-order chi connectivity index (χ1) is 17.6. The predicted octanol–water partition coefficient (Wildman–Crippen LogP) is 3.73. The van der Waals surface area contributed by atoms with Crippen molar-refractivity contribution >= 4 is 11.4 Å². The highest BCUT2D eigenvalue weighted by atomic mass is 16.5. The van der Waals surface area contributed by atoms with Crippen molar-refractivity contribution in [3.63, 3.8) is 0 Å². The molecule has 0 unspecified atom stereocenters. The number of hydrogen-bond donors (Lipinski definition) is 2. The maximum Gasteiger partial charge on any atom is 0.292 e. The molecule has 184 valence electrons. The molecule has 0 bridgehead atoms. The van der Waals surface area contributed by atoms with Gasteiger partial charge in [-0.25, -0.2) is 10.1 Å². The van der Waals surface area contributed by atoms with E-state index in [2.05, 4.69) is 25.7 Å². The van der Waals surface area contributed by atoms with Crippen molar-refractivity contribution in [3.05, 3.63) is 88.3 Å². The Kier molecular flexibility index (Phi) is 7.45. The van der Waals surface area contributed by atoms with Crippen LogP contribution in [0.1, 0.15) is 11.3 Å². The van der Waals surface area contributed by atoms with Crippen molar-refractivity contribution in [3.8, 4) is 34.4 Å². The fourth-order valence-electron chi connectivity index (χ4n) is 3.54. The largest absolute Gasteiger partial charge is 0.495 e. The van der Waals surface area contributed by atoms with Crippen LogP contribution >= 0.6 is 0 Å². The summed E-state index contributed by atoms with van der Waals surface area (Å²) in [5.74, 6) is 2.10. The van der Waals surface area contributed by atoms with E-state index in [1.807, 2.05) is 42.5 Å². The Morgan fingerprint density at radius 2 is 1.47 bits per heavy atom. The zero-order valence-corrected chi connectivity index (χ0v) is 20.2. The summed E-state index contributed by atoms with van der Waals surface area (Å²) in [6, 6.07) is 20.0. The summed E-state index contributed by atoms with van der Waals surface area (Å²) in [7, 11) is 6.09. The molecule has 0 aliphatic heterocycles. The van der Waals surface area contributed by atoms with Crippen LogP contribution in [0.2, 0.25) is 0 Å². The van der Waals surface area contributed by atoms with E-state index in [0.29, 0.717) is 40.1 Å². The smallest absolute Gasteiger partial charge is 0.292 e. The topological polar surface area (TPSA) is 120 Å². The summed E-state index contributed by atoms with van der Waals surface area (Å²) < 4.78 is 21.9. The van der Waals surface area contributed by atoms with Crippen LogP contribution in [0.3, 0.4) is 0 Å². The van der Waals surface area contributed by atoms with E-state index in [9.17, 15) is 4.79 Å². The second-order valence-electron chi connectivity index (χ2n) is 7.39. The minimum Gasteiger partial charge on any atom is -0.495 e. The Balaban J connectivity index is 1.93. The van der Waals surface area contributed by atoms with Gasteiger partial charge in [-0.15, -0.1) is 0 Å². The summed E-state index contributed by atoms with van der Waals surface area (Å²) in [5, 5.41) is 11.2. The molecular formula is C26H25N5O5. The molecule has 3 aromatic carbocycles. The van der Waals surface area contributed by atoms with Crippen molar-refractivity contribution < 1.29 is 18.9 Å². The molecule has 0 atom stereocenters. The van der Waals surface area contributed by atoms with Crippen LogP contribution in [-0.2, 0) is 0 Å². The molecule has 0 saturated heterocycles. The normalized spacial score (nSPS) is 11.1. The van der Waals surface area contributed by atoms with E-state index in [4.69, 9.17) is 18.9 Å². The minimum absolute atomic E-state index is 0.0422. The lowest BCUT2D eigenvalue weighted by Gasteiger charge is -2.15. The van der Waals surface area contributed by atoms with Crippen LogP contribution in [0.15, 0.2) is 76.6 Å². The number of aromatic nitrogens is 3. The fraction of sp³-hybridized carbons (Fsp3) is 0.154. The number of H-pyrrole nitrogens is 1. The first-order valence-corrected chi connectivity index (χ1v) is 10.9. The predicted molar refractivity (Wildman–Crippen MR) is 136 cm³/mol. The number of benzene rings is 3. The number of para-hydroxylation sites is 2. The lowest BCUT2D eigenvalue weighted by molar-refractivity contribution is 0.324. The third-order valence-electron chi connectivity index (χ3n) is 5.29. The first-order valence-electron chi connectivity index (χ1n) is 10.9. The number of nitrogens with zero attached hydrogens (tertiary/aromatic N) is 3. The summed E-state index contributed by atoms with van der Waals surface area (Å²) in [6.45, 7) is 0. The van der Waals surface area contributed by atoms with E-state index in [1.54, 1.807) is 31.4 Å². The number of rotatable bonds is 9. The van der Waals surface area contributed by atoms with E-state index in [1.165, 1.54) is 21.3 Å². The van der Waals surface area contributed by atoms with Crippen LogP contribution in [0.25, 0.3) is 11.4 Å². The van der Waals surface area contributed by atoms with Crippen LogP contribution in [-0.4, -0.2) is 49.3 Å². The Morgan fingerprint density at radius 1 is 0.833 bits per heavy atom. The highest BCUT2D eigenvalue weighted by molar-refractivity contribution is 6.12. The molecule has 4 rings (SSSR count). The van der Waals surface area contributed by atoms with E-state index in [0.717, 1.165) is 5.56 Å². The molecule has 0 aliphatic carbocycles. The Morgan fingerprint density at radius 3 is 2.11 bits per heavy atom. The highest BCUT2D eigenvalue weighted by Crippen LogP contribution is 2.38. The summed E-state index contributed by atoms with van der Waals surface area (Å²) in [5.41, 5.74) is 4.55. The second kappa shape index (κ2) is 11.0. The van der Waals surface area contributed by atoms with Gasteiger partial charge < -0.3 is 18.9 Å². The maximum absolute atomic E-state index is 13.0. The molecule has 1 heterocycles. The molecule has 2 N–H and O–H groups in total. The highest BCUT2D eigenvalue weighted by Gasteiger charge is 2.21. The molecular weight excluding hydrogens is 462 g/mol. The summed E-state index contributed by atoms with van der Waals surface area (Å²) in [4.78, 5) is 17.5. The number of hydrogen-bond acceptors (Lipinski definition) is 9. The van der Waals surface area contributed by atoms with Crippen molar-refractivity contribution in [2.24, 2.45) is 5.10 Å². The third kappa shape index (κ3) is 4.97. The zero-order valence-electron chi connectivity index (χ0n) is 20.2. The number of hydrazone groups is 1. The quantitative estimate of drug-likeness (QED) is 0.271. The van der Waals surface area contributed by atoms with Gasteiger partial charge in [-0.2, -0.15) is 10.2 Å². The molecule has 0 amide bonds. The van der Waals surface area contributed by atoms with Crippen LogP contribution in [0.5, 0.6) is 23.0 Å². The lowest BCUT2D eigenvalue weighted by atomic mass is 10.1. The first kappa shape index (κ1) is 24.3. The number of nitrogens with one attached hydrogen (secondary N) is 2. The van der Waals surface area contributed by atoms with Gasteiger partial charge in [-0.05, 0) is 24.3 Å². The standard InChI is InChI=1S/C26H25N5O5/c1-33-19-13-9-8-12-18(19)28-29-22(17-14-20(34-2)24(36-4)21(15-17)35-3)23-26(32)31-30-25(27-23)16-10-6-5-7-11-16/h5-15,28H,1-4H3,(H,31,32)/b29-22+. The van der Waals surface area contributed by atoms with Crippen molar-refractivity contribution in [1.82, 2.24) is 15.2 Å². The molecule has 0 radical (unpaired) electrons. The van der Waals surface area contributed by atoms with Gasteiger partial charge in [0.1, 0.15) is 11.5 Å². The fourth-order valence-corrected chi connectivity index (χ4v) is 3.54. The van der Waals surface area contributed by atoms with Crippen LogP contribution in [0, 0.1) is 0 Å². The average Bonchev–Trinajstić information content (AvgIpc) is 2.94. The van der Waals surface area contributed by atoms with E-state index >= 15 is 0 Å². The molecule has 1 aromatic heterocycles. The number of methoxy groups -OCH3 is 4. The monoisotopic (exact) mass is 487 g/mol. The molecule has 0 saturated carbocycles. The molecule has 10 nitrogen and oxygen atoms in total. The molecule has 0 spiro atoms. The molecule has 36 heavy (non-hydrogen) atoms. The van der Waals surface area contributed by atoms with Gasteiger partial charge in [0.25, 0.3) is 5.56 Å². The summed E-state index contributed by atoms with van der Waals surface area (Å²) >= 11 is 0. The molecule has 0 fully saturated rings. The van der Waals surface area contributed by atoms with E-state index in [-0.39, 0.29) is 11.4 Å². The van der Waals surface area contributed by atoms with Gasteiger partial charge in [0.15, 0.2) is 23.0 Å². The number of ether oxygens (including phenoxy) is 4. The van der Waals surface area contributed by atoms with Gasteiger partial charge in [-0.1, -0.05) is 42.5 Å². The van der Waals surface area contributed by atoms with Crippen molar-refractivity contribution in [2.45, 2.75) is 0 Å². The van der Waals surface area contributed by atoms with Gasteiger partial charge >= 0.3 is 0 Å². The van der Waals surface area contributed by atoms with Crippen LogP contribution < -0.4 is 29.9 Å². The summed E-state index contributed by atoms with van der Waals surface area (Å²) in [6.07, 6.45) is 0. The Labute approximate surface area is 207 Å². The van der Waals surface area contributed by atoms with Crippen molar-refractivity contribution in [2.75, 3.05) is 33.9 Å². The SMILES string of the molecule is COc1ccccc1N/N=C(\c1cc(OC)c(OC)c(OC)c1)c1nc(-c2ccccc2)n[nH]c1=O. The second-order valence-corrected chi connectivity index (χ2v) is 7.39. The van der Waals surface area contributed by atoms with Gasteiger partial charge in [0, 0.05) is 11.1 Å². The van der Waals surface area contributed by atoms with E-state index < -0.39 is 5.56 Å². The van der Waals surface area contributed by atoms with Gasteiger partial charge in [-0.3, -0.25) is 10.2 Å². The maximum atomic E-state index is 13.0. The molecule has 10 heteroatoms. The van der Waals surface area contributed by atoms with Crippen molar-refractivity contribution in [1.29, 1.82) is 0 Å². The van der Waals surface area contributed by atoms with Crippen LogP contribution in [0.4, 0.5) is 5.69 Å². The minimum atomic E-state index is -0.524. The Bertz CT molecular complexity index is 1410. The lowest BCUT2D eigenvalue weighted by Crippen LogP contribution is -2.24. The Hall–Kier alpha value is -4.86. The van der Waals surface area contributed by atoms with Gasteiger partial charge in [0.2, 0.25) is 5.75 Å². The average molecular weight is 488 g/mol. The zero-order chi connectivity index (χ0) is 25.5. The van der Waals surface area contributed by atoms with Gasteiger partial charge in [0.05, 0.1) is 34.1 Å². The molecule has 0 aliphatic rings.